The molecule has 0 aliphatic rings. The summed E-state index contributed by atoms with van der Waals surface area (Å²) in [7, 11) is 0. The zero-order chi connectivity index (χ0) is 13.0. The molecule has 5 heteroatoms. The number of nitrogens with zero attached hydrogens (tertiary/aromatic N) is 1. The van der Waals surface area contributed by atoms with Crippen molar-refractivity contribution in [1.82, 2.24) is 4.98 Å². The predicted octanol–water partition coefficient (Wildman–Crippen LogP) is 3.99. The van der Waals surface area contributed by atoms with Gasteiger partial charge >= 0.3 is 0 Å². The van der Waals surface area contributed by atoms with Crippen molar-refractivity contribution in [3.05, 3.63) is 58.3 Å². The van der Waals surface area contributed by atoms with Crippen molar-refractivity contribution in [1.29, 1.82) is 0 Å². The second-order valence-corrected chi connectivity index (χ2v) is 4.99. The third-order valence-corrected chi connectivity index (χ3v) is 3.63. The number of rotatable bonds is 3. The fourth-order valence-corrected chi connectivity index (χ4v) is 2.42. The molecular formula is C13H10Br2N2O. The summed E-state index contributed by atoms with van der Waals surface area (Å²) in [6, 6.07) is 11.2. The Morgan fingerprint density at radius 1 is 1.22 bits per heavy atom. The van der Waals surface area contributed by atoms with Gasteiger partial charge in [0.1, 0.15) is 5.69 Å². The molecule has 1 amide bonds. The number of aromatic nitrogens is 1. The van der Waals surface area contributed by atoms with E-state index in [0.29, 0.717) is 15.5 Å². The van der Waals surface area contributed by atoms with Gasteiger partial charge in [-0.1, -0.05) is 34.1 Å². The van der Waals surface area contributed by atoms with E-state index < -0.39 is 0 Å². The van der Waals surface area contributed by atoms with Crippen molar-refractivity contribution in [2.45, 2.75) is 5.33 Å². The lowest BCUT2D eigenvalue weighted by atomic mass is 10.2. The highest BCUT2D eigenvalue weighted by atomic mass is 79.9. The summed E-state index contributed by atoms with van der Waals surface area (Å²) < 4.78 is 0.679. The molecule has 92 valence electrons. The van der Waals surface area contributed by atoms with Crippen LogP contribution in [0.5, 0.6) is 0 Å². The maximum atomic E-state index is 12.1. The minimum absolute atomic E-state index is 0.226. The van der Waals surface area contributed by atoms with Gasteiger partial charge < -0.3 is 5.32 Å². The summed E-state index contributed by atoms with van der Waals surface area (Å²) in [4.78, 5) is 16.1. The molecule has 2 aromatic rings. The van der Waals surface area contributed by atoms with Crippen molar-refractivity contribution in [3.8, 4) is 0 Å². The number of carbonyl (C=O) groups excluding carboxylic acids is 1. The maximum Gasteiger partial charge on any atom is 0.275 e. The van der Waals surface area contributed by atoms with Gasteiger partial charge in [-0.3, -0.25) is 4.79 Å². The van der Waals surface area contributed by atoms with Crippen LogP contribution in [0.15, 0.2) is 47.1 Å². The fourth-order valence-electron chi connectivity index (χ4n) is 1.49. The van der Waals surface area contributed by atoms with Crippen molar-refractivity contribution >= 4 is 43.5 Å². The Morgan fingerprint density at radius 2 is 2.00 bits per heavy atom. The highest BCUT2D eigenvalue weighted by Gasteiger charge is 2.12. The number of alkyl halides is 1. The molecule has 0 atom stereocenters. The van der Waals surface area contributed by atoms with Crippen LogP contribution >= 0.6 is 31.9 Å². The van der Waals surface area contributed by atoms with E-state index in [2.05, 4.69) is 42.2 Å². The topological polar surface area (TPSA) is 42.0 Å². The lowest BCUT2D eigenvalue weighted by Gasteiger charge is -2.09. The first-order valence-corrected chi connectivity index (χ1v) is 7.19. The third-order valence-electron chi connectivity index (χ3n) is 2.38. The van der Waals surface area contributed by atoms with E-state index in [9.17, 15) is 4.79 Å². The molecule has 18 heavy (non-hydrogen) atoms. The number of halogens is 2. The number of para-hydroxylation sites is 1. The summed E-state index contributed by atoms with van der Waals surface area (Å²) in [6.07, 6.45) is 1.59. The molecule has 1 heterocycles. The first-order valence-electron chi connectivity index (χ1n) is 5.28. The van der Waals surface area contributed by atoms with Gasteiger partial charge in [0.05, 0.1) is 0 Å². The predicted molar refractivity (Wildman–Crippen MR) is 79.0 cm³/mol. The number of hydrogen-bond acceptors (Lipinski definition) is 2. The van der Waals surface area contributed by atoms with Crippen LogP contribution in [0.2, 0.25) is 0 Å². The molecule has 0 aliphatic heterocycles. The van der Waals surface area contributed by atoms with Crippen LogP contribution in [0.25, 0.3) is 0 Å². The van der Waals surface area contributed by atoms with Crippen molar-refractivity contribution in [2.24, 2.45) is 0 Å². The number of anilines is 1. The molecule has 0 unspecified atom stereocenters. The Kier molecular flexibility index (Phi) is 4.49. The number of pyridine rings is 1. The fraction of sp³-hybridized carbons (Fsp3) is 0.0769. The van der Waals surface area contributed by atoms with E-state index in [0.717, 1.165) is 11.3 Å². The van der Waals surface area contributed by atoms with Gasteiger partial charge in [0.25, 0.3) is 5.91 Å². The Bertz CT molecular complexity index is 572. The van der Waals surface area contributed by atoms with Crippen LogP contribution in [0.3, 0.4) is 0 Å². The maximum absolute atomic E-state index is 12.1. The summed E-state index contributed by atoms with van der Waals surface area (Å²) in [6.45, 7) is 0. The van der Waals surface area contributed by atoms with Gasteiger partial charge in [-0.15, -0.1) is 0 Å². The van der Waals surface area contributed by atoms with Gasteiger partial charge in [0.2, 0.25) is 0 Å². The standard InChI is InChI=1S/C13H10Br2N2O/c14-8-9-4-1-2-6-11(9)17-13(18)12-10(15)5-3-7-16-12/h1-7H,8H2,(H,17,18). The van der Waals surface area contributed by atoms with E-state index in [1.165, 1.54) is 0 Å². The number of hydrogen-bond donors (Lipinski definition) is 1. The van der Waals surface area contributed by atoms with Gasteiger partial charge in [0, 0.05) is 21.7 Å². The number of carbonyl (C=O) groups is 1. The Balaban J connectivity index is 2.24. The van der Waals surface area contributed by atoms with Crippen molar-refractivity contribution < 1.29 is 4.79 Å². The largest absolute Gasteiger partial charge is 0.320 e. The SMILES string of the molecule is O=C(Nc1ccccc1CBr)c1ncccc1Br. The van der Waals surface area contributed by atoms with Gasteiger partial charge in [-0.05, 0) is 39.7 Å². The normalized spacial score (nSPS) is 10.1. The van der Waals surface area contributed by atoms with Crippen LogP contribution < -0.4 is 5.32 Å². The van der Waals surface area contributed by atoms with Crippen LogP contribution in [-0.2, 0) is 5.33 Å². The molecule has 0 saturated carbocycles. The van der Waals surface area contributed by atoms with Crippen LogP contribution in [-0.4, -0.2) is 10.9 Å². The van der Waals surface area contributed by atoms with Gasteiger partial charge in [-0.25, -0.2) is 4.98 Å². The minimum atomic E-state index is -0.226. The first kappa shape index (κ1) is 13.2. The highest BCUT2D eigenvalue weighted by Crippen LogP contribution is 2.20. The highest BCUT2D eigenvalue weighted by molar-refractivity contribution is 9.10. The molecule has 0 fully saturated rings. The van der Waals surface area contributed by atoms with E-state index in [-0.39, 0.29) is 5.91 Å². The van der Waals surface area contributed by atoms with E-state index in [1.807, 2.05) is 24.3 Å². The van der Waals surface area contributed by atoms with Crippen LogP contribution in [0.1, 0.15) is 16.1 Å². The van der Waals surface area contributed by atoms with E-state index in [1.54, 1.807) is 18.3 Å². The molecule has 0 aliphatic carbocycles. The summed E-state index contributed by atoms with van der Waals surface area (Å²) in [5.74, 6) is -0.226. The van der Waals surface area contributed by atoms with Crippen LogP contribution in [0.4, 0.5) is 5.69 Å². The average molecular weight is 370 g/mol. The van der Waals surface area contributed by atoms with Crippen molar-refractivity contribution in [3.63, 3.8) is 0 Å². The molecule has 0 bridgehead atoms. The third kappa shape index (κ3) is 2.97. The zero-order valence-electron chi connectivity index (χ0n) is 9.36. The molecule has 1 N–H and O–H groups in total. The minimum Gasteiger partial charge on any atom is -0.320 e. The van der Waals surface area contributed by atoms with Gasteiger partial charge in [0.15, 0.2) is 0 Å². The zero-order valence-corrected chi connectivity index (χ0v) is 12.5. The monoisotopic (exact) mass is 368 g/mol. The first-order chi connectivity index (χ1) is 8.72. The Labute approximate surface area is 122 Å². The van der Waals surface area contributed by atoms with E-state index >= 15 is 0 Å². The second kappa shape index (κ2) is 6.11. The average Bonchev–Trinajstić information content (AvgIpc) is 2.39. The Morgan fingerprint density at radius 3 is 2.72 bits per heavy atom. The number of benzene rings is 1. The lowest BCUT2D eigenvalue weighted by molar-refractivity contribution is 0.102. The molecule has 0 spiro atoms. The molecular weight excluding hydrogens is 360 g/mol. The van der Waals surface area contributed by atoms with Crippen LogP contribution in [0, 0.1) is 0 Å². The molecule has 3 nitrogen and oxygen atoms in total. The molecule has 1 aromatic heterocycles. The smallest absolute Gasteiger partial charge is 0.275 e. The summed E-state index contributed by atoms with van der Waals surface area (Å²) >= 11 is 6.71. The number of amides is 1. The summed E-state index contributed by atoms with van der Waals surface area (Å²) in [5, 5.41) is 3.54. The van der Waals surface area contributed by atoms with Crippen molar-refractivity contribution in [2.75, 3.05) is 5.32 Å². The Hall–Kier alpha value is -1.20. The second-order valence-electron chi connectivity index (χ2n) is 3.58. The summed E-state index contributed by atoms with van der Waals surface area (Å²) in [5.41, 5.74) is 2.19. The molecule has 2 rings (SSSR count). The molecule has 1 aromatic carbocycles. The van der Waals surface area contributed by atoms with Gasteiger partial charge in [-0.2, -0.15) is 0 Å². The molecule has 0 radical (unpaired) electrons. The van der Waals surface area contributed by atoms with E-state index in [4.69, 9.17) is 0 Å². The molecule has 0 saturated heterocycles. The lowest BCUT2D eigenvalue weighted by Crippen LogP contribution is -2.15. The quantitative estimate of drug-likeness (QED) is 0.831. The number of nitrogens with one attached hydrogen (secondary N) is 1.